The van der Waals surface area contributed by atoms with Gasteiger partial charge >= 0.3 is 0 Å². The topological polar surface area (TPSA) is 67.4 Å². The molecule has 0 unspecified atom stereocenters. The number of unbranched alkanes of at least 4 members (excludes halogenated alkanes) is 1. The molecule has 1 aromatic carbocycles. The molecule has 2 rings (SSSR count). The van der Waals surface area contributed by atoms with Crippen LogP contribution >= 0.6 is 0 Å². The second-order valence-electron chi connectivity index (χ2n) is 4.87. The number of carbonyl (C=O) groups excluding carboxylic acids is 2. The van der Waals surface area contributed by atoms with E-state index in [1.54, 1.807) is 0 Å². The molecule has 0 aliphatic carbocycles. The zero-order valence-electron chi connectivity index (χ0n) is 11.7. The van der Waals surface area contributed by atoms with Crippen LogP contribution in [-0.2, 0) is 16.0 Å². The first kappa shape index (κ1) is 14.4. The van der Waals surface area contributed by atoms with E-state index in [2.05, 4.69) is 17.6 Å². The standard InChI is InChI=1S/C15H20N2O3/c1-2-3-4-14(18)16-8-7-11-5-6-13-12(9-11)17-15(19)10-20-13/h5-6,9H,2-4,7-8,10H2,1H3,(H,16,18)(H,17,19). The monoisotopic (exact) mass is 276 g/mol. The van der Waals surface area contributed by atoms with Gasteiger partial charge in [-0.25, -0.2) is 0 Å². The Bertz CT molecular complexity index is 500. The average Bonchev–Trinajstić information content (AvgIpc) is 2.44. The fraction of sp³-hybridized carbons (Fsp3) is 0.467. The van der Waals surface area contributed by atoms with E-state index >= 15 is 0 Å². The van der Waals surface area contributed by atoms with Crippen LogP contribution in [0.1, 0.15) is 31.7 Å². The molecule has 0 fully saturated rings. The van der Waals surface area contributed by atoms with Gasteiger partial charge in [-0.05, 0) is 30.5 Å². The fourth-order valence-corrected chi connectivity index (χ4v) is 2.06. The van der Waals surface area contributed by atoms with Crippen molar-refractivity contribution < 1.29 is 14.3 Å². The van der Waals surface area contributed by atoms with Gasteiger partial charge in [-0.2, -0.15) is 0 Å². The van der Waals surface area contributed by atoms with Gasteiger partial charge in [0.2, 0.25) is 5.91 Å². The maximum atomic E-state index is 11.5. The Morgan fingerprint density at radius 3 is 3.10 bits per heavy atom. The SMILES string of the molecule is CCCCC(=O)NCCc1ccc2c(c1)NC(=O)CO2. The predicted octanol–water partition coefficient (Wildman–Crippen LogP) is 1.87. The largest absolute Gasteiger partial charge is 0.482 e. The van der Waals surface area contributed by atoms with Crippen molar-refractivity contribution in [3.05, 3.63) is 23.8 Å². The lowest BCUT2D eigenvalue weighted by molar-refractivity contribution is -0.121. The molecule has 20 heavy (non-hydrogen) atoms. The maximum Gasteiger partial charge on any atom is 0.262 e. The second kappa shape index (κ2) is 6.93. The Kier molecular flexibility index (Phi) is 4.98. The Balaban J connectivity index is 1.83. The van der Waals surface area contributed by atoms with E-state index in [1.807, 2.05) is 18.2 Å². The molecule has 0 saturated heterocycles. The van der Waals surface area contributed by atoms with Crippen molar-refractivity contribution in [2.24, 2.45) is 0 Å². The molecule has 0 spiro atoms. The van der Waals surface area contributed by atoms with E-state index in [0.29, 0.717) is 24.4 Å². The van der Waals surface area contributed by atoms with Gasteiger partial charge in [0, 0.05) is 13.0 Å². The van der Waals surface area contributed by atoms with E-state index < -0.39 is 0 Å². The zero-order valence-corrected chi connectivity index (χ0v) is 11.7. The van der Waals surface area contributed by atoms with Crippen molar-refractivity contribution >= 4 is 17.5 Å². The number of amides is 2. The smallest absolute Gasteiger partial charge is 0.262 e. The summed E-state index contributed by atoms with van der Waals surface area (Å²) in [5.41, 5.74) is 1.77. The van der Waals surface area contributed by atoms with Crippen molar-refractivity contribution in [2.45, 2.75) is 32.6 Å². The van der Waals surface area contributed by atoms with Gasteiger partial charge in [0.15, 0.2) is 6.61 Å². The normalized spacial score (nSPS) is 13.2. The highest BCUT2D eigenvalue weighted by atomic mass is 16.5. The second-order valence-corrected chi connectivity index (χ2v) is 4.87. The van der Waals surface area contributed by atoms with Crippen LogP contribution in [0.5, 0.6) is 5.75 Å². The Hall–Kier alpha value is -2.04. The van der Waals surface area contributed by atoms with Crippen LogP contribution in [0.15, 0.2) is 18.2 Å². The molecule has 1 aliphatic heterocycles. The van der Waals surface area contributed by atoms with E-state index in [1.165, 1.54) is 0 Å². The van der Waals surface area contributed by atoms with Crippen LogP contribution in [0.4, 0.5) is 5.69 Å². The highest BCUT2D eigenvalue weighted by Crippen LogP contribution is 2.28. The average molecular weight is 276 g/mol. The molecule has 108 valence electrons. The van der Waals surface area contributed by atoms with Gasteiger partial charge in [0.05, 0.1) is 5.69 Å². The summed E-state index contributed by atoms with van der Waals surface area (Å²) < 4.78 is 5.30. The number of nitrogens with one attached hydrogen (secondary N) is 2. The van der Waals surface area contributed by atoms with Crippen molar-refractivity contribution in [1.82, 2.24) is 5.32 Å². The van der Waals surface area contributed by atoms with Gasteiger partial charge < -0.3 is 15.4 Å². The maximum absolute atomic E-state index is 11.5. The molecule has 1 heterocycles. The molecular weight excluding hydrogens is 256 g/mol. The number of carbonyl (C=O) groups is 2. The summed E-state index contributed by atoms with van der Waals surface area (Å²) >= 11 is 0. The molecule has 2 amide bonds. The van der Waals surface area contributed by atoms with Gasteiger partial charge in [0.1, 0.15) is 5.75 Å². The van der Waals surface area contributed by atoms with E-state index in [-0.39, 0.29) is 18.4 Å². The minimum Gasteiger partial charge on any atom is -0.482 e. The molecule has 0 bridgehead atoms. The van der Waals surface area contributed by atoms with Crippen molar-refractivity contribution in [1.29, 1.82) is 0 Å². The summed E-state index contributed by atoms with van der Waals surface area (Å²) in [7, 11) is 0. The Morgan fingerprint density at radius 2 is 2.30 bits per heavy atom. The number of ether oxygens (including phenoxy) is 1. The first-order valence-electron chi connectivity index (χ1n) is 7.01. The first-order chi connectivity index (χ1) is 9.69. The highest BCUT2D eigenvalue weighted by molar-refractivity contribution is 5.95. The van der Waals surface area contributed by atoms with Gasteiger partial charge in [-0.15, -0.1) is 0 Å². The summed E-state index contributed by atoms with van der Waals surface area (Å²) in [6.07, 6.45) is 3.28. The van der Waals surface area contributed by atoms with Gasteiger partial charge in [-0.1, -0.05) is 19.4 Å². The van der Waals surface area contributed by atoms with E-state index in [0.717, 1.165) is 24.8 Å². The van der Waals surface area contributed by atoms with Gasteiger partial charge in [-0.3, -0.25) is 9.59 Å². The lowest BCUT2D eigenvalue weighted by Gasteiger charge is -2.18. The van der Waals surface area contributed by atoms with Crippen LogP contribution in [-0.4, -0.2) is 25.0 Å². The Labute approximate surface area is 118 Å². The van der Waals surface area contributed by atoms with Crippen LogP contribution < -0.4 is 15.4 Å². The zero-order chi connectivity index (χ0) is 14.4. The molecule has 1 aliphatic rings. The number of rotatable bonds is 6. The summed E-state index contributed by atoms with van der Waals surface area (Å²) in [4.78, 5) is 22.7. The number of hydrogen-bond donors (Lipinski definition) is 2. The lowest BCUT2D eigenvalue weighted by Crippen LogP contribution is -2.26. The number of anilines is 1. The molecule has 5 heteroatoms. The molecule has 5 nitrogen and oxygen atoms in total. The van der Waals surface area contributed by atoms with Crippen LogP contribution in [0.3, 0.4) is 0 Å². The summed E-state index contributed by atoms with van der Waals surface area (Å²) in [6, 6.07) is 5.70. The van der Waals surface area contributed by atoms with Gasteiger partial charge in [0.25, 0.3) is 5.91 Å². The third-order valence-electron chi connectivity index (χ3n) is 3.17. The minimum absolute atomic E-state index is 0.0693. The third kappa shape index (κ3) is 3.98. The number of hydrogen-bond acceptors (Lipinski definition) is 3. The lowest BCUT2D eigenvalue weighted by atomic mass is 10.1. The van der Waals surface area contributed by atoms with E-state index in [9.17, 15) is 9.59 Å². The van der Waals surface area contributed by atoms with Crippen LogP contribution in [0.25, 0.3) is 0 Å². The molecule has 0 atom stereocenters. The van der Waals surface area contributed by atoms with Crippen molar-refractivity contribution in [2.75, 3.05) is 18.5 Å². The molecule has 0 saturated carbocycles. The molecule has 0 aromatic heterocycles. The van der Waals surface area contributed by atoms with Crippen LogP contribution in [0, 0.1) is 0 Å². The first-order valence-corrected chi connectivity index (χ1v) is 7.01. The summed E-state index contributed by atoms with van der Waals surface area (Å²) in [6.45, 7) is 2.74. The third-order valence-corrected chi connectivity index (χ3v) is 3.17. The summed E-state index contributed by atoms with van der Waals surface area (Å²) in [5.74, 6) is 0.657. The van der Waals surface area contributed by atoms with Crippen molar-refractivity contribution in [3.63, 3.8) is 0 Å². The number of fused-ring (bicyclic) bond motifs is 1. The highest BCUT2D eigenvalue weighted by Gasteiger charge is 2.15. The number of benzene rings is 1. The molecule has 2 N–H and O–H groups in total. The summed E-state index contributed by atoms with van der Waals surface area (Å²) in [5, 5.41) is 5.67. The quantitative estimate of drug-likeness (QED) is 0.833. The van der Waals surface area contributed by atoms with E-state index in [4.69, 9.17) is 4.74 Å². The van der Waals surface area contributed by atoms with Crippen LogP contribution in [0.2, 0.25) is 0 Å². The fourth-order valence-electron chi connectivity index (χ4n) is 2.06. The predicted molar refractivity (Wildman–Crippen MR) is 76.8 cm³/mol. The molecular formula is C15H20N2O3. The minimum atomic E-state index is -0.137. The molecule has 0 radical (unpaired) electrons. The molecule has 1 aromatic rings. The Morgan fingerprint density at radius 1 is 1.45 bits per heavy atom. The van der Waals surface area contributed by atoms with Crippen molar-refractivity contribution in [3.8, 4) is 5.75 Å².